The zero-order valence-electron chi connectivity index (χ0n) is 30.9. The van der Waals surface area contributed by atoms with E-state index in [4.69, 9.17) is 4.99 Å². The Labute approximate surface area is 317 Å². The number of thiophene rings is 1. The first-order valence-corrected chi connectivity index (χ1v) is 18.9. The van der Waals surface area contributed by atoms with Gasteiger partial charge >= 0.3 is 0 Å². The van der Waals surface area contributed by atoms with Gasteiger partial charge in [-0.3, -0.25) is 28.7 Å². The number of aromatic nitrogens is 3. The predicted octanol–water partition coefficient (Wildman–Crippen LogP) is 6.02. The molecule has 3 aromatic carbocycles. The molecule has 5 aromatic rings. The number of rotatable bonds is 10. The minimum atomic E-state index is -0.392. The van der Waals surface area contributed by atoms with E-state index < -0.39 is 11.8 Å². The lowest BCUT2D eigenvalue weighted by atomic mass is 9.91. The number of aryl methyl sites for hydroxylation is 2. The number of nitrogens with one attached hydrogen (secondary N) is 3. The highest BCUT2D eigenvalue weighted by Gasteiger charge is 2.33. The van der Waals surface area contributed by atoms with Gasteiger partial charge in [-0.1, -0.05) is 37.3 Å². The maximum Gasteiger partial charge on any atom is 0.251 e. The first kappa shape index (κ1) is 36.4. The zero-order valence-corrected chi connectivity index (χ0v) is 31.7. The molecule has 4 heterocycles. The minimum Gasteiger partial charge on any atom is -0.378 e. The number of nitrogens with zero attached hydrogens (tertiary/aromatic N) is 5. The van der Waals surface area contributed by atoms with E-state index in [2.05, 4.69) is 51.5 Å². The van der Waals surface area contributed by atoms with Crippen molar-refractivity contribution >= 4 is 51.9 Å². The quantitative estimate of drug-likeness (QED) is 0.158. The number of benzene rings is 3. The van der Waals surface area contributed by atoms with Crippen molar-refractivity contribution in [1.29, 1.82) is 0 Å². The molecular formula is C41H42N8O4S. The third-order valence-corrected chi connectivity index (χ3v) is 11.2. The summed E-state index contributed by atoms with van der Waals surface area (Å²) in [6.07, 6.45) is 1.18. The molecule has 0 fully saturated rings. The van der Waals surface area contributed by atoms with E-state index in [9.17, 15) is 19.2 Å². The summed E-state index contributed by atoms with van der Waals surface area (Å²) in [6.45, 7) is 9.98. The lowest BCUT2D eigenvalue weighted by molar-refractivity contribution is -0.119. The van der Waals surface area contributed by atoms with E-state index in [0.717, 1.165) is 62.4 Å². The number of carbonyl (C=O) groups is 4. The molecule has 276 valence electrons. The van der Waals surface area contributed by atoms with Crippen LogP contribution < -0.4 is 20.9 Å². The van der Waals surface area contributed by atoms with Crippen molar-refractivity contribution < 1.29 is 19.2 Å². The summed E-state index contributed by atoms with van der Waals surface area (Å²) in [5.41, 5.74) is 7.51. The number of carbonyl (C=O) groups excluding carboxylic acids is 4. The van der Waals surface area contributed by atoms with E-state index in [1.54, 1.807) is 35.6 Å². The highest BCUT2D eigenvalue weighted by molar-refractivity contribution is 7.15. The number of aliphatic imine (C=N–C) groups is 1. The van der Waals surface area contributed by atoms with Crippen molar-refractivity contribution in [3.8, 4) is 5.00 Å². The van der Waals surface area contributed by atoms with Gasteiger partial charge in [-0.2, -0.15) is 0 Å². The van der Waals surface area contributed by atoms with Crippen LogP contribution in [0.4, 0.5) is 11.4 Å². The molecule has 0 bridgehead atoms. The Bertz CT molecular complexity index is 2290. The van der Waals surface area contributed by atoms with Crippen LogP contribution in [0.5, 0.6) is 0 Å². The summed E-state index contributed by atoms with van der Waals surface area (Å²) >= 11 is 1.69. The molecule has 7 rings (SSSR count). The zero-order chi connectivity index (χ0) is 38.1. The smallest absolute Gasteiger partial charge is 0.251 e. The minimum absolute atomic E-state index is 0.00411. The normalized spacial score (nSPS) is 15.9. The molecule has 2 aliphatic rings. The van der Waals surface area contributed by atoms with Gasteiger partial charge in [0, 0.05) is 51.0 Å². The summed E-state index contributed by atoms with van der Waals surface area (Å²) in [6, 6.07) is 22.2. The summed E-state index contributed by atoms with van der Waals surface area (Å²) in [7, 11) is 0. The summed E-state index contributed by atoms with van der Waals surface area (Å²) < 4.78 is 2.07. The van der Waals surface area contributed by atoms with Crippen molar-refractivity contribution in [2.45, 2.75) is 66.1 Å². The van der Waals surface area contributed by atoms with Crippen LogP contribution >= 0.6 is 11.3 Å². The maximum absolute atomic E-state index is 13.0. The Balaban J connectivity index is 0.914. The van der Waals surface area contributed by atoms with E-state index in [-0.39, 0.29) is 36.9 Å². The fourth-order valence-corrected chi connectivity index (χ4v) is 8.33. The Kier molecular flexibility index (Phi) is 10.2. The summed E-state index contributed by atoms with van der Waals surface area (Å²) in [5, 5.41) is 18.5. The Hall–Kier alpha value is -5.95. The summed E-state index contributed by atoms with van der Waals surface area (Å²) in [5.74, 6) is 0.573. The Morgan fingerprint density at radius 2 is 1.50 bits per heavy atom. The molecule has 0 saturated heterocycles. The van der Waals surface area contributed by atoms with Gasteiger partial charge in [-0.25, -0.2) is 0 Å². The number of amides is 3. The Morgan fingerprint density at radius 1 is 0.852 bits per heavy atom. The second kappa shape index (κ2) is 15.2. The molecule has 0 aliphatic carbocycles. The van der Waals surface area contributed by atoms with Gasteiger partial charge in [-0.05, 0) is 87.7 Å². The molecule has 2 aromatic heterocycles. The number of hydrogen-bond acceptors (Lipinski definition) is 9. The number of fused-ring (bicyclic) bond motifs is 4. The van der Waals surface area contributed by atoms with Crippen LogP contribution in [-0.2, 0) is 16.1 Å². The van der Waals surface area contributed by atoms with Gasteiger partial charge in [-0.15, -0.1) is 21.5 Å². The highest BCUT2D eigenvalue weighted by atomic mass is 32.1. The van der Waals surface area contributed by atoms with E-state index in [0.29, 0.717) is 24.1 Å². The second-order valence-corrected chi connectivity index (χ2v) is 14.8. The number of anilines is 2. The molecule has 0 unspecified atom stereocenters. The van der Waals surface area contributed by atoms with E-state index in [1.807, 2.05) is 67.3 Å². The van der Waals surface area contributed by atoms with Gasteiger partial charge in [0.1, 0.15) is 17.4 Å². The number of ketones is 1. The molecule has 2 atom stereocenters. The second-order valence-electron chi connectivity index (χ2n) is 13.6. The highest BCUT2D eigenvalue weighted by Crippen LogP contribution is 2.39. The molecule has 54 heavy (non-hydrogen) atoms. The predicted molar refractivity (Wildman–Crippen MR) is 210 cm³/mol. The van der Waals surface area contributed by atoms with Gasteiger partial charge in [0.2, 0.25) is 5.91 Å². The molecular weight excluding hydrogens is 701 g/mol. The number of hydrogen-bond donors (Lipinski definition) is 3. The van der Waals surface area contributed by atoms with Crippen LogP contribution in [0.25, 0.3) is 5.00 Å². The van der Waals surface area contributed by atoms with Gasteiger partial charge in [0.15, 0.2) is 11.6 Å². The van der Waals surface area contributed by atoms with Crippen molar-refractivity contribution in [3.05, 3.63) is 123 Å². The molecule has 3 amide bonds. The lowest BCUT2D eigenvalue weighted by Gasteiger charge is -2.40. The Morgan fingerprint density at radius 3 is 2.17 bits per heavy atom. The van der Waals surface area contributed by atoms with Gasteiger partial charge in [0.05, 0.1) is 24.8 Å². The average molecular weight is 743 g/mol. The fraction of sp³-hybridized carbons (Fsp3) is 0.293. The maximum atomic E-state index is 13.0. The lowest BCUT2D eigenvalue weighted by Crippen LogP contribution is -2.44. The first-order chi connectivity index (χ1) is 26.0. The largest absolute Gasteiger partial charge is 0.378 e. The van der Waals surface area contributed by atoms with Crippen molar-refractivity contribution in [1.82, 2.24) is 25.4 Å². The molecule has 0 radical (unpaired) electrons. The first-order valence-electron chi connectivity index (χ1n) is 18.1. The van der Waals surface area contributed by atoms with Crippen molar-refractivity contribution in [2.24, 2.45) is 4.99 Å². The van der Waals surface area contributed by atoms with Crippen LogP contribution in [-0.4, -0.2) is 63.1 Å². The SMILES string of the molecule is CCC(=O)N1c2ccccc2[C@H](Nc2ccc(C(=O)NCC(=O)CNC(=O)c3ccc(C4=NCc5nnc(C)n5-c5sc(C)c(C)c54)cc3)cc2)C[C@@H]1C. The number of Topliss-reactive ketones (excluding diaryl/α,β-unsaturated/α-hetero) is 1. The van der Waals surface area contributed by atoms with Crippen LogP contribution in [0, 0.1) is 20.8 Å². The summed E-state index contributed by atoms with van der Waals surface area (Å²) in [4.78, 5) is 59.1. The van der Waals surface area contributed by atoms with Crippen LogP contribution in [0.15, 0.2) is 77.8 Å². The van der Waals surface area contributed by atoms with Crippen LogP contribution in [0.3, 0.4) is 0 Å². The van der Waals surface area contributed by atoms with Crippen molar-refractivity contribution in [3.63, 3.8) is 0 Å². The van der Waals surface area contributed by atoms with E-state index in [1.165, 1.54) is 4.88 Å². The third kappa shape index (κ3) is 7.06. The molecule has 2 aliphatic heterocycles. The molecule has 0 saturated carbocycles. The molecule has 0 spiro atoms. The molecule has 13 heteroatoms. The topological polar surface area (TPSA) is 151 Å². The standard InChI is InChI=1S/C41H42N8O4S/c1-6-36(51)48-23(2)19-33(32-9-7-8-10-34(32)48)45-30-17-15-29(16-18-30)40(53)44-21-31(50)20-43-39(52)28-13-11-27(12-14-28)38-37-24(3)25(4)54-41(37)49-26(5)46-47-35(49)22-42-38/h7-18,23,33,45H,6,19-22H2,1-5H3,(H,43,52)(H,44,53)/t23-,33+/m0/s1. The number of para-hydroxylation sites is 1. The monoisotopic (exact) mass is 742 g/mol. The third-order valence-electron chi connectivity index (χ3n) is 10.0. The molecule has 3 N–H and O–H groups in total. The van der Waals surface area contributed by atoms with Crippen molar-refractivity contribution in [2.75, 3.05) is 23.3 Å². The van der Waals surface area contributed by atoms with E-state index >= 15 is 0 Å². The fourth-order valence-electron chi connectivity index (χ4n) is 7.11. The van der Waals surface area contributed by atoms with Crippen LogP contribution in [0.1, 0.15) is 92.2 Å². The van der Waals surface area contributed by atoms with Gasteiger partial charge < -0.3 is 20.9 Å². The molecule has 12 nitrogen and oxygen atoms in total. The average Bonchev–Trinajstić information content (AvgIpc) is 3.63. The van der Waals surface area contributed by atoms with Gasteiger partial charge in [0.25, 0.3) is 11.8 Å². The van der Waals surface area contributed by atoms with Crippen LogP contribution in [0.2, 0.25) is 0 Å².